The molecular formula is C7H8N2O2. The number of hydrogen-bond donors (Lipinski definition) is 1. The highest BCUT2D eigenvalue weighted by molar-refractivity contribution is 5.69. The molecular weight excluding hydrogens is 144 g/mol. The van der Waals surface area contributed by atoms with Gasteiger partial charge in [-0.05, 0) is 6.07 Å². The number of pyridine rings is 1. The van der Waals surface area contributed by atoms with E-state index in [0.29, 0.717) is 5.88 Å². The molecule has 0 saturated carbocycles. The Morgan fingerprint density at radius 2 is 2.45 bits per heavy atom. The van der Waals surface area contributed by atoms with E-state index in [1.54, 1.807) is 24.4 Å². The number of carbonyl (C=O) groups excluding carboxylic acids is 1. The van der Waals surface area contributed by atoms with Crippen molar-refractivity contribution in [1.29, 1.82) is 0 Å². The van der Waals surface area contributed by atoms with Gasteiger partial charge in [-0.3, -0.25) is 0 Å². The van der Waals surface area contributed by atoms with Crippen LogP contribution in [0.5, 0.6) is 5.88 Å². The first-order valence-corrected chi connectivity index (χ1v) is 3.13. The second-order valence-electron chi connectivity index (χ2n) is 1.81. The molecule has 1 heterocycles. The standard InChI is InChI=1S/C7H8N2O2/c1-8-7(10)11-6-4-2-3-5-9-6/h2-5H,1H3,(H,8,10). The molecule has 0 radical (unpaired) electrons. The summed E-state index contributed by atoms with van der Waals surface area (Å²) >= 11 is 0. The van der Waals surface area contributed by atoms with Gasteiger partial charge < -0.3 is 10.1 Å². The van der Waals surface area contributed by atoms with E-state index < -0.39 is 6.09 Å². The summed E-state index contributed by atoms with van der Waals surface area (Å²) in [5.74, 6) is 0.298. The fourth-order valence-corrected chi connectivity index (χ4v) is 0.553. The summed E-state index contributed by atoms with van der Waals surface area (Å²) in [5, 5.41) is 2.31. The van der Waals surface area contributed by atoms with Gasteiger partial charge in [0.2, 0.25) is 5.88 Å². The van der Waals surface area contributed by atoms with Gasteiger partial charge in [-0.1, -0.05) is 6.07 Å². The van der Waals surface area contributed by atoms with E-state index in [1.807, 2.05) is 0 Å². The predicted molar refractivity (Wildman–Crippen MR) is 39.3 cm³/mol. The van der Waals surface area contributed by atoms with E-state index in [2.05, 4.69) is 10.3 Å². The van der Waals surface area contributed by atoms with Crippen LogP contribution >= 0.6 is 0 Å². The van der Waals surface area contributed by atoms with Crippen LogP contribution in [-0.2, 0) is 0 Å². The highest BCUT2D eigenvalue weighted by Crippen LogP contribution is 2.02. The van der Waals surface area contributed by atoms with E-state index in [4.69, 9.17) is 4.74 Å². The minimum atomic E-state index is -0.510. The van der Waals surface area contributed by atoms with Gasteiger partial charge in [-0.15, -0.1) is 0 Å². The van der Waals surface area contributed by atoms with Crippen molar-refractivity contribution in [1.82, 2.24) is 10.3 Å². The monoisotopic (exact) mass is 152 g/mol. The smallest absolute Gasteiger partial charge is 0.391 e. The number of aromatic nitrogens is 1. The van der Waals surface area contributed by atoms with Crippen LogP contribution in [0.4, 0.5) is 4.79 Å². The van der Waals surface area contributed by atoms with Crippen molar-refractivity contribution >= 4 is 6.09 Å². The summed E-state index contributed by atoms with van der Waals surface area (Å²) in [6.45, 7) is 0. The molecule has 1 N–H and O–H groups in total. The Hall–Kier alpha value is -1.58. The van der Waals surface area contributed by atoms with Crippen LogP contribution < -0.4 is 10.1 Å². The van der Waals surface area contributed by atoms with Crippen molar-refractivity contribution in [3.63, 3.8) is 0 Å². The third-order valence-electron chi connectivity index (χ3n) is 1.04. The number of hydrogen-bond acceptors (Lipinski definition) is 3. The minimum absolute atomic E-state index is 0.298. The quantitative estimate of drug-likeness (QED) is 0.647. The maximum atomic E-state index is 10.6. The zero-order chi connectivity index (χ0) is 8.10. The molecule has 0 atom stereocenters. The van der Waals surface area contributed by atoms with Crippen molar-refractivity contribution in [2.24, 2.45) is 0 Å². The summed E-state index contributed by atoms with van der Waals surface area (Å²) in [7, 11) is 1.49. The Balaban J connectivity index is 2.58. The molecule has 0 aliphatic carbocycles. The summed E-state index contributed by atoms with van der Waals surface area (Å²) in [4.78, 5) is 14.4. The molecule has 0 unspecified atom stereocenters. The lowest BCUT2D eigenvalue weighted by atomic mass is 10.5. The van der Waals surface area contributed by atoms with Crippen molar-refractivity contribution in [2.75, 3.05) is 7.05 Å². The van der Waals surface area contributed by atoms with E-state index in [-0.39, 0.29) is 0 Å². The highest BCUT2D eigenvalue weighted by atomic mass is 16.6. The van der Waals surface area contributed by atoms with Crippen molar-refractivity contribution in [3.8, 4) is 5.88 Å². The molecule has 0 aromatic carbocycles. The number of carbonyl (C=O) groups is 1. The van der Waals surface area contributed by atoms with E-state index in [0.717, 1.165) is 0 Å². The van der Waals surface area contributed by atoms with Crippen molar-refractivity contribution in [3.05, 3.63) is 24.4 Å². The second-order valence-corrected chi connectivity index (χ2v) is 1.81. The van der Waals surface area contributed by atoms with Gasteiger partial charge in [0, 0.05) is 19.3 Å². The maximum Gasteiger partial charge on any atom is 0.413 e. The topological polar surface area (TPSA) is 51.2 Å². The van der Waals surface area contributed by atoms with Crippen LogP contribution in [0.2, 0.25) is 0 Å². The van der Waals surface area contributed by atoms with Gasteiger partial charge in [0.15, 0.2) is 0 Å². The molecule has 4 nitrogen and oxygen atoms in total. The number of ether oxygens (including phenoxy) is 1. The first-order chi connectivity index (χ1) is 5.33. The zero-order valence-corrected chi connectivity index (χ0v) is 6.07. The number of nitrogens with zero attached hydrogens (tertiary/aromatic N) is 1. The Bertz CT molecular complexity index is 235. The molecule has 0 aliphatic rings. The number of nitrogens with one attached hydrogen (secondary N) is 1. The normalized spacial score (nSPS) is 8.82. The van der Waals surface area contributed by atoms with Gasteiger partial charge in [0.25, 0.3) is 0 Å². The van der Waals surface area contributed by atoms with Gasteiger partial charge in [-0.25, -0.2) is 9.78 Å². The number of amides is 1. The van der Waals surface area contributed by atoms with Crippen LogP contribution in [0, 0.1) is 0 Å². The summed E-state index contributed by atoms with van der Waals surface area (Å²) in [6, 6.07) is 5.09. The molecule has 4 heteroatoms. The molecule has 1 aromatic rings. The van der Waals surface area contributed by atoms with Crippen molar-refractivity contribution < 1.29 is 9.53 Å². The fraction of sp³-hybridized carbons (Fsp3) is 0.143. The van der Waals surface area contributed by atoms with Crippen LogP contribution in [0.3, 0.4) is 0 Å². The lowest BCUT2D eigenvalue weighted by Gasteiger charge is -1.99. The van der Waals surface area contributed by atoms with Crippen molar-refractivity contribution in [2.45, 2.75) is 0 Å². The summed E-state index contributed by atoms with van der Waals surface area (Å²) in [5.41, 5.74) is 0. The Morgan fingerprint density at radius 3 is 3.00 bits per heavy atom. The largest absolute Gasteiger partial charge is 0.413 e. The van der Waals surface area contributed by atoms with Crippen LogP contribution in [-0.4, -0.2) is 18.1 Å². The third kappa shape index (κ3) is 2.25. The van der Waals surface area contributed by atoms with E-state index in [9.17, 15) is 4.79 Å². The lowest BCUT2D eigenvalue weighted by molar-refractivity contribution is 0.201. The predicted octanol–water partition coefficient (Wildman–Crippen LogP) is 0.800. The Labute approximate surface area is 64.2 Å². The van der Waals surface area contributed by atoms with Gasteiger partial charge in [0.1, 0.15) is 0 Å². The van der Waals surface area contributed by atoms with Crippen LogP contribution in [0.1, 0.15) is 0 Å². The highest BCUT2D eigenvalue weighted by Gasteiger charge is 1.99. The van der Waals surface area contributed by atoms with Crippen LogP contribution in [0.15, 0.2) is 24.4 Å². The minimum Gasteiger partial charge on any atom is -0.391 e. The average molecular weight is 152 g/mol. The molecule has 11 heavy (non-hydrogen) atoms. The Morgan fingerprint density at radius 1 is 1.64 bits per heavy atom. The molecule has 0 aliphatic heterocycles. The van der Waals surface area contributed by atoms with E-state index in [1.165, 1.54) is 7.05 Å². The molecule has 0 spiro atoms. The summed E-state index contributed by atoms with van der Waals surface area (Å²) in [6.07, 6.45) is 1.04. The molecule has 1 rings (SSSR count). The maximum absolute atomic E-state index is 10.6. The van der Waals surface area contributed by atoms with Gasteiger partial charge in [-0.2, -0.15) is 0 Å². The van der Waals surface area contributed by atoms with E-state index >= 15 is 0 Å². The molecule has 58 valence electrons. The molecule has 0 bridgehead atoms. The van der Waals surface area contributed by atoms with Gasteiger partial charge in [0.05, 0.1) is 0 Å². The second kappa shape index (κ2) is 3.55. The third-order valence-corrected chi connectivity index (χ3v) is 1.04. The Kier molecular flexibility index (Phi) is 2.43. The lowest BCUT2D eigenvalue weighted by Crippen LogP contribution is -2.22. The average Bonchev–Trinajstić information content (AvgIpc) is 2.06. The first-order valence-electron chi connectivity index (χ1n) is 3.13. The molecule has 0 saturated heterocycles. The molecule has 1 aromatic heterocycles. The molecule has 0 fully saturated rings. The SMILES string of the molecule is CNC(=O)Oc1ccccn1. The zero-order valence-electron chi connectivity index (χ0n) is 6.07. The fourth-order valence-electron chi connectivity index (χ4n) is 0.553. The summed E-state index contributed by atoms with van der Waals surface area (Å²) < 4.78 is 4.70. The van der Waals surface area contributed by atoms with Crippen LogP contribution in [0.25, 0.3) is 0 Å². The first kappa shape index (κ1) is 7.53. The van der Waals surface area contributed by atoms with Gasteiger partial charge >= 0.3 is 6.09 Å². The molecule has 1 amide bonds. The number of rotatable bonds is 1.